The summed E-state index contributed by atoms with van der Waals surface area (Å²) in [7, 11) is 0. The molecule has 3 nitrogen and oxygen atoms in total. The van der Waals surface area contributed by atoms with E-state index in [0.717, 1.165) is 31.4 Å². The zero-order chi connectivity index (χ0) is 12.8. The fraction of sp³-hybridized carbons (Fsp3) is 0.600. The molecular formula is C15H21NO2. The standard InChI is InChI=1S/C15H21NO2/c1-15(18)7-4-8-16(10-15)13-9-11-5-2-3-6-12(11)14(13)17/h2-3,5-6,13-14,17-18H,4,7-10H2,1H3/t13-,14-,15-/m0/s1. The van der Waals surface area contributed by atoms with Gasteiger partial charge in [0, 0.05) is 12.6 Å². The van der Waals surface area contributed by atoms with Crippen molar-refractivity contribution in [2.24, 2.45) is 0 Å². The molecule has 1 aromatic rings. The molecule has 0 unspecified atom stereocenters. The van der Waals surface area contributed by atoms with Crippen molar-refractivity contribution in [3.63, 3.8) is 0 Å². The van der Waals surface area contributed by atoms with Crippen molar-refractivity contribution in [2.75, 3.05) is 13.1 Å². The number of fused-ring (bicyclic) bond motifs is 1. The molecule has 0 aromatic heterocycles. The topological polar surface area (TPSA) is 43.7 Å². The first-order chi connectivity index (χ1) is 8.57. The molecule has 98 valence electrons. The lowest BCUT2D eigenvalue weighted by Crippen LogP contribution is -2.51. The van der Waals surface area contributed by atoms with Crippen molar-refractivity contribution in [1.29, 1.82) is 0 Å². The molecule has 0 bridgehead atoms. The van der Waals surface area contributed by atoms with E-state index in [9.17, 15) is 10.2 Å². The van der Waals surface area contributed by atoms with Crippen LogP contribution >= 0.6 is 0 Å². The number of nitrogens with zero attached hydrogens (tertiary/aromatic N) is 1. The molecule has 1 saturated heterocycles. The van der Waals surface area contributed by atoms with Crippen LogP contribution in [0.2, 0.25) is 0 Å². The molecule has 1 aliphatic heterocycles. The Bertz CT molecular complexity index is 444. The Hall–Kier alpha value is -0.900. The van der Waals surface area contributed by atoms with Gasteiger partial charge < -0.3 is 10.2 Å². The van der Waals surface area contributed by atoms with Gasteiger partial charge in [-0.25, -0.2) is 0 Å². The van der Waals surface area contributed by atoms with Crippen LogP contribution in [0.5, 0.6) is 0 Å². The number of benzene rings is 1. The number of likely N-dealkylation sites (tertiary alicyclic amines) is 1. The van der Waals surface area contributed by atoms with E-state index in [1.54, 1.807) is 0 Å². The van der Waals surface area contributed by atoms with E-state index in [2.05, 4.69) is 11.0 Å². The molecule has 2 aliphatic rings. The third-order valence-electron chi connectivity index (χ3n) is 4.34. The Morgan fingerprint density at radius 2 is 2.11 bits per heavy atom. The SMILES string of the molecule is C[C@]1(O)CCCN([C@H]2Cc3ccccc3[C@@H]2O)C1. The Balaban J connectivity index is 1.80. The molecule has 0 amide bonds. The monoisotopic (exact) mass is 247 g/mol. The molecular weight excluding hydrogens is 226 g/mol. The number of aliphatic hydroxyl groups is 2. The zero-order valence-electron chi connectivity index (χ0n) is 10.8. The van der Waals surface area contributed by atoms with Crippen molar-refractivity contribution in [3.8, 4) is 0 Å². The molecule has 1 fully saturated rings. The maximum Gasteiger partial charge on any atom is 0.0951 e. The van der Waals surface area contributed by atoms with Crippen molar-refractivity contribution >= 4 is 0 Å². The van der Waals surface area contributed by atoms with E-state index in [1.165, 1.54) is 5.56 Å². The summed E-state index contributed by atoms with van der Waals surface area (Å²) in [5, 5.41) is 20.6. The Kier molecular flexibility index (Phi) is 2.93. The number of rotatable bonds is 1. The van der Waals surface area contributed by atoms with Crippen LogP contribution in [-0.4, -0.2) is 39.8 Å². The van der Waals surface area contributed by atoms with Crippen LogP contribution in [0, 0.1) is 0 Å². The van der Waals surface area contributed by atoms with Gasteiger partial charge in [0.05, 0.1) is 11.7 Å². The van der Waals surface area contributed by atoms with Crippen LogP contribution in [0.25, 0.3) is 0 Å². The van der Waals surface area contributed by atoms with E-state index in [1.807, 2.05) is 25.1 Å². The summed E-state index contributed by atoms with van der Waals surface area (Å²) in [5.74, 6) is 0. The van der Waals surface area contributed by atoms with Gasteiger partial charge in [0.25, 0.3) is 0 Å². The molecule has 1 heterocycles. The molecule has 0 saturated carbocycles. The highest BCUT2D eigenvalue weighted by Crippen LogP contribution is 2.36. The minimum atomic E-state index is -0.604. The second kappa shape index (κ2) is 4.34. The first-order valence-electron chi connectivity index (χ1n) is 6.79. The van der Waals surface area contributed by atoms with Crippen molar-refractivity contribution in [3.05, 3.63) is 35.4 Å². The third-order valence-corrected chi connectivity index (χ3v) is 4.34. The van der Waals surface area contributed by atoms with Crippen molar-refractivity contribution in [1.82, 2.24) is 4.90 Å². The molecule has 0 radical (unpaired) electrons. The summed E-state index contributed by atoms with van der Waals surface area (Å²) in [6.07, 6.45) is 2.36. The summed E-state index contributed by atoms with van der Waals surface area (Å²) in [5.41, 5.74) is 1.71. The van der Waals surface area contributed by atoms with E-state index in [0.29, 0.717) is 6.54 Å². The van der Waals surface area contributed by atoms with Crippen LogP contribution in [-0.2, 0) is 6.42 Å². The van der Waals surface area contributed by atoms with Gasteiger partial charge in [-0.05, 0) is 43.9 Å². The normalized spacial score (nSPS) is 36.6. The molecule has 0 spiro atoms. The Morgan fingerprint density at radius 3 is 2.83 bits per heavy atom. The van der Waals surface area contributed by atoms with Gasteiger partial charge in [0.2, 0.25) is 0 Å². The highest BCUT2D eigenvalue weighted by Gasteiger charge is 2.39. The Labute approximate surface area is 108 Å². The highest BCUT2D eigenvalue weighted by atomic mass is 16.3. The fourth-order valence-corrected chi connectivity index (χ4v) is 3.42. The smallest absolute Gasteiger partial charge is 0.0951 e. The van der Waals surface area contributed by atoms with Crippen LogP contribution in [0.3, 0.4) is 0 Å². The predicted molar refractivity (Wildman–Crippen MR) is 70.3 cm³/mol. The zero-order valence-corrected chi connectivity index (χ0v) is 10.8. The summed E-state index contributed by atoms with van der Waals surface area (Å²) in [4.78, 5) is 2.26. The summed E-state index contributed by atoms with van der Waals surface area (Å²) in [6.45, 7) is 3.54. The molecule has 2 N–H and O–H groups in total. The van der Waals surface area contributed by atoms with Gasteiger partial charge >= 0.3 is 0 Å². The average molecular weight is 247 g/mol. The first-order valence-corrected chi connectivity index (χ1v) is 6.79. The van der Waals surface area contributed by atoms with Crippen LogP contribution < -0.4 is 0 Å². The minimum Gasteiger partial charge on any atom is -0.389 e. The van der Waals surface area contributed by atoms with E-state index >= 15 is 0 Å². The number of hydrogen-bond acceptors (Lipinski definition) is 3. The van der Waals surface area contributed by atoms with Gasteiger partial charge in [0.15, 0.2) is 0 Å². The van der Waals surface area contributed by atoms with Crippen molar-refractivity contribution < 1.29 is 10.2 Å². The van der Waals surface area contributed by atoms with Gasteiger partial charge in [-0.2, -0.15) is 0 Å². The number of hydrogen-bond donors (Lipinski definition) is 2. The second-order valence-corrected chi connectivity index (χ2v) is 5.99. The average Bonchev–Trinajstić information content (AvgIpc) is 2.66. The maximum atomic E-state index is 10.4. The minimum absolute atomic E-state index is 0.133. The van der Waals surface area contributed by atoms with Crippen molar-refractivity contribution in [2.45, 2.75) is 43.9 Å². The lowest BCUT2D eigenvalue weighted by molar-refractivity contribution is -0.0495. The first kappa shape index (κ1) is 12.2. The third kappa shape index (κ3) is 2.07. The van der Waals surface area contributed by atoms with Crippen LogP contribution in [0.15, 0.2) is 24.3 Å². The van der Waals surface area contributed by atoms with Gasteiger partial charge in [-0.3, -0.25) is 4.90 Å². The molecule has 3 rings (SSSR count). The molecule has 18 heavy (non-hydrogen) atoms. The number of aliphatic hydroxyl groups excluding tert-OH is 1. The van der Waals surface area contributed by atoms with Crippen LogP contribution in [0.1, 0.15) is 37.0 Å². The lowest BCUT2D eigenvalue weighted by Gasteiger charge is -2.41. The summed E-state index contributed by atoms with van der Waals surface area (Å²) >= 11 is 0. The molecule has 3 atom stereocenters. The summed E-state index contributed by atoms with van der Waals surface area (Å²) < 4.78 is 0. The molecule has 3 heteroatoms. The number of β-amino-alcohol motifs (C(OH)–C–C–N with tert-alkyl or cyclic N) is 1. The maximum absolute atomic E-state index is 10.4. The fourth-order valence-electron chi connectivity index (χ4n) is 3.42. The molecule has 1 aromatic carbocycles. The van der Waals surface area contributed by atoms with E-state index < -0.39 is 11.7 Å². The highest BCUT2D eigenvalue weighted by molar-refractivity contribution is 5.36. The lowest BCUT2D eigenvalue weighted by atomic mass is 9.93. The van der Waals surface area contributed by atoms with Gasteiger partial charge in [-0.1, -0.05) is 24.3 Å². The van der Waals surface area contributed by atoms with E-state index in [4.69, 9.17) is 0 Å². The predicted octanol–water partition coefficient (Wildman–Crippen LogP) is 1.49. The summed E-state index contributed by atoms with van der Waals surface area (Å²) in [6, 6.07) is 8.26. The van der Waals surface area contributed by atoms with Crippen LogP contribution in [0.4, 0.5) is 0 Å². The van der Waals surface area contributed by atoms with Gasteiger partial charge in [-0.15, -0.1) is 0 Å². The second-order valence-electron chi connectivity index (χ2n) is 5.99. The quantitative estimate of drug-likeness (QED) is 0.790. The Morgan fingerprint density at radius 1 is 1.33 bits per heavy atom. The largest absolute Gasteiger partial charge is 0.389 e. The van der Waals surface area contributed by atoms with Gasteiger partial charge in [0.1, 0.15) is 0 Å². The van der Waals surface area contributed by atoms with E-state index in [-0.39, 0.29) is 6.04 Å². The molecule has 1 aliphatic carbocycles. The number of piperidine rings is 1.